The number of ether oxygens (including phenoxy) is 1. The van der Waals surface area contributed by atoms with Gasteiger partial charge in [-0.3, -0.25) is 4.79 Å². The van der Waals surface area contributed by atoms with E-state index in [-0.39, 0.29) is 12.0 Å². The van der Waals surface area contributed by atoms with Crippen LogP contribution in [0.5, 0.6) is 0 Å². The van der Waals surface area contributed by atoms with E-state index in [1.165, 1.54) is 11.3 Å². The van der Waals surface area contributed by atoms with Crippen LogP contribution in [0, 0.1) is 0 Å². The molecule has 0 N–H and O–H groups in total. The first kappa shape index (κ1) is 12.4. The van der Waals surface area contributed by atoms with Crippen LogP contribution < -0.4 is 0 Å². The summed E-state index contributed by atoms with van der Waals surface area (Å²) in [5.41, 5.74) is 0. The molecule has 1 atom stereocenters. The van der Waals surface area contributed by atoms with Crippen LogP contribution >= 0.6 is 38.9 Å². The maximum atomic E-state index is 12.2. The van der Waals surface area contributed by atoms with Crippen molar-refractivity contribution in [3.8, 4) is 0 Å². The van der Waals surface area contributed by atoms with Gasteiger partial charge in [0.25, 0.3) is 5.91 Å². The fourth-order valence-electron chi connectivity index (χ4n) is 1.59. The first-order valence-corrected chi connectivity index (χ1v) is 7.13. The molecule has 6 heteroatoms. The van der Waals surface area contributed by atoms with Gasteiger partial charge in [0.2, 0.25) is 0 Å². The Labute approximate surface area is 111 Å². The van der Waals surface area contributed by atoms with Crippen LogP contribution in [0.25, 0.3) is 0 Å². The summed E-state index contributed by atoms with van der Waals surface area (Å²) in [6.45, 7) is 1.77. The summed E-state index contributed by atoms with van der Waals surface area (Å²) >= 11 is 10.6. The Balaban J connectivity index is 2.07. The van der Waals surface area contributed by atoms with Gasteiger partial charge in [-0.2, -0.15) is 0 Å². The lowest BCUT2D eigenvalue weighted by Crippen LogP contribution is -2.46. The van der Waals surface area contributed by atoms with Crippen LogP contribution in [-0.4, -0.2) is 42.5 Å². The largest absolute Gasteiger partial charge is 0.373 e. The predicted molar refractivity (Wildman–Crippen MR) is 68.4 cm³/mol. The Kier molecular flexibility index (Phi) is 4.24. The van der Waals surface area contributed by atoms with E-state index in [4.69, 9.17) is 16.3 Å². The van der Waals surface area contributed by atoms with Gasteiger partial charge in [0.1, 0.15) is 4.88 Å². The third-order valence-electron chi connectivity index (χ3n) is 2.41. The zero-order valence-corrected chi connectivity index (χ0v) is 11.6. The van der Waals surface area contributed by atoms with Gasteiger partial charge in [0, 0.05) is 17.6 Å². The molecule has 0 spiro atoms. The second-order valence-electron chi connectivity index (χ2n) is 3.50. The number of nitrogens with zero attached hydrogens (tertiary/aromatic N) is 1. The Morgan fingerprint density at radius 2 is 2.56 bits per heavy atom. The standard InChI is InChI=1S/C10H11BrClNO2S/c11-8-1-4-16-9(8)10(14)13-2-3-15-7(5-12)6-13/h1,4,7H,2-3,5-6H2. The summed E-state index contributed by atoms with van der Waals surface area (Å²) in [7, 11) is 0. The monoisotopic (exact) mass is 323 g/mol. The van der Waals surface area contributed by atoms with Crippen molar-refractivity contribution >= 4 is 44.8 Å². The number of morpholine rings is 1. The maximum Gasteiger partial charge on any atom is 0.265 e. The quantitative estimate of drug-likeness (QED) is 0.783. The van der Waals surface area contributed by atoms with Crippen molar-refractivity contribution in [1.82, 2.24) is 4.90 Å². The van der Waals surface area contributed by atoms with Gasteiger partial charge >= 0.3 is 0 Å². The molecule has 0 radical (unpaired) electrons. The normalized spacial score (nSPS) is 21.1. The Morgan fingerprint density at radius 3 is 3.19 bits per heavy atom. The van der Waals surface area contributed by atoms with Crippen LogP contribution in [0.3, 0.4) is 0 Å². The molecular formula is C10H11BrClNO2S. The third kappa shape index (κ3) is 2.59. The molecule has 1 fully saturated rings. The van der Waals surface area contributed by atoms with Gasteiger partial charge < -0.3 is 9.64 Å². The Morgan fingerprint density at radius 1 is 1.75 bits per heavy atom. The number of carbonyl (C=O) groups excluding carboxylic acids is 1. The van der Waals surface area contributed by atoms with Crippen LogP contribution in [-0.2, 0) is 4.74 Å². The molecule has 1 aliphatic heterocycles. The summed E-state index contributed by atoms with van der Waals surface area (Å²) in [5.74, 6) is 0.482. The second kappa shape index (κ2) is 5.49. The van der Waals surface area contributed by atoms with E-state index in [0.29, 0.717) is 25.6 Å². The van der Waals surface area contributed by atoms with Crippen molar-refractivity contribution in [2.24, 2.45) is 0 Å². The van der Waals surface area contributed by atoms with E-state index in [9.17, 15) is 4.79 Å². The first-order valence-electron chi connectivity index (χ1n) is 4.92. The van der Waals surface area contributed by atoms with E-state index < -0.39 is 0 Å². The average Bonchev–Trinajstić information content (AvgIpc) is 2.74. The van der Waals surface area contributed by atoms with E-state index in [1.807, 2.05) is 11.4 Å². The molecule has 88 valence electrons. The number of hydrogen-bond donors (Lipinski definition) is 0. The molecule has 3 nitrogen and oxygen atoms in total. The summed E-state index contributed by atoms with van der Waals surface area (Å²) in [5, 5.41) is 1.90. The molecule has 1 aromatic heterocycles. The van der Waals surface area contributed by atoms with E-state index >= 15 is 0 Å². The molecule has 1 saturated heterocycles. The predicted octanol–water partition coefficient (Wildman–Crippen LogP) is 2.59. The Bertz CT molecular complexity index is 385. The van der Waals surface area contributed by atoms with Crippen molar-refractivity contribution in [1.29, 1.82) is 0 Å². The highest BCUT2D eigenvalue weighted by Crippen LogP contribution is 2.25. The molecule has 2 heterocycles. The van der Waals surface area contributed by atoms with E-state index in [2.05, 4.69) is 15.9 Å². The molecule has 0 saturated carbocycles. The van der Waals surface area contributed by atoms with Crippen LogP contribution in [0.2, 0.25) is 0 Å². The minimum Gasteiger partial charge on any atom is -0.373 e. The first-order chi connectivity index (χ1) is 7.72. The number of hydrogen-bond acceptors (Lipinski definition) is 3. The molecule has 1 aliphatic rings. The lowest BCUT2D eigenvalue weighted by molar-refractivity contribution is -0.0106. The molecule has 16 heavy (non-hydrogen) atoms. The molecule has 0 aliphatic carbocycles. The van der Waals surface area contributed by atoms with Gasteiger partial charge in [-0.15, -0.1) is 22.9 Å². The minimum absolute atomic E-state index is 0.0434. The van der Waals surface area contributed by atoms with Gasteiger partial charge in [-0.05, 0) is 27.4 Å². The SMILES string of the molecule is O=C(c1sccc1Br)N1CCOC(CCl)C1. The summed E-state index contributed by atoms with van der Waals surface area (Å²) in [6, 6.07) is 1.89. The zero-order valence-electron chi connectivity index (χ0n) is 8.49. The van der Waals surface area contributed by atoms with Crippen LogP contribution in [0.15, 0.2) is 15.9 Å². The fourth-order valence-corrected chi connectivity index (χ4v) is 3.28. The number of carbonyl (C=O) groups is 1. The molecular weight excluding hydrogens is 314 g/mol. The number of amides is 1. The van der Waals surface area contributed by atoms with Gasteiger partial charge in [0.15, 0.2) is 0 Å². The number of alkyl halides is 1. The van der Waals surface area contributed by atoms with Crippen molar-refractivity contribution in [2.45, 2.75) is 6.10 Å². The van der Waals surface area contributed by atoms with E-state index in [1.54, 1.807) is 4.90 Å². The second-order valence-corrected chi connectivity index (χ2v) is 5.57. The van der Waals surface area contributed by atoms with Gasteiger partial charge in [-0.25, -0.2) is 0 Å². The molecule has 0 aromatic carbocycles. The number of rotatable bonds is 2. The Hall–Kier alpha value is -0.100. The molecule has 2 rings (SSSR count). The lowest BCUT2D eigenvalue weighted by Gasteiger charge is -2.31. The summed E-state index contributed by atoms with van der Waals surface area (Å²) in [4.78, 5) is 14.7. The average molecular weight is 325 g/mol. The highest BCUT2D eigenvalue weighted by Gasteiger charge is 2.26. The highest BCUT2D eigenvalue weighted by atomic mass is 79.9. The van der Waals surface area contributed by atoms with Crippen LogP contribution in [0.1, 0.15) is 9.67 Å². The summed E-state index contributed by atoms with van der Waals surface area (Å²) < 4.78 is 6.28. The van der Waals surface area contributed by atoms with Crippen molar-refractivity contribution < 1.29 is 9.53 Å². The molecule has 1 aromatic rings. The number of thiophene rings is 1. The molecule has 1 unspecified atom stereocenters. The van der Waals surface area contributed by atoms with Gasteiger partial charge in [-0.1, -0.05) is 0 Å². The molecule has 0 bridgehead atoms. The molecule has 1 amide bonds. The smallest absolute Gasteiger partial charge is 0.265 e. The topological polar surface area (TPSA) is 29.5 Å². The maximum absolute atomic E-state index is 12.2. The summed E-state index contributed by atoms with van der Waals surface area (Å²) in [6.07, 6.45) is -0.0434. The van der Waals surface area contributed by atoms with Crippen LogP contribution in [0.4, 0.5) is 0 Å². The number of halogens is 2. The minimum atomic E-state index is -0.0434. The van der Waals surface area contributed by atoms with E-state index in [0.717, 1.165) is 9.35 Å². The van der Waals surface area contributed by atoms with Gasteiger partial charge in [0.05, 0.1) is 18.6 Å². The third-order valence-corrected chi connectivity index (χ3v) is 4.58. The van der Waals surface area contributed by atoms with Crippen molar-refractivity contribution in [3.05, 3.63) is 20.8 Å². The lowest BCUT2D eigenvalue weighted by atomic mass is 10.3. The van der Waals surface area contributed by atoms with Crippen molar-refractivity contribution in [2.75, 3.05) is 25.6 Å². The highest BCUT2D eigenvalue weighted by molar-refractivity contribution is 9.10. The zero-order chi connectivity index (χ0) is 11.5. The fraction of sp³-hybridized carbons (Fsp3) is 0.500. The van der Waals surface area contributed by atoms with Crippen molar-refractivity contribution in [3.63, 3.8) is 0 Å².